The third kappa shape index (κ3) is 6.88. The highest BCUT2D eigenvalue weighted by molar-refractivity contribution is 7.99. The highest BCUT2D eigenvalue weighted by atomic mass is 35.5. The van der Waals surface area contributed by atoms with E-state index in [1.807, 2.05) is 18.4 Å². The SMILES string of the molecule is CSCCC(NC(=O)CSCc1ccc(Cl)s1)C(=O)O. The molecule has 1 aromatic rings. The number of hydrogen-bond acceptors (Lipinski definition) is 5. The van der Waals surface area contributed by atoms with Crippen LogP contribution in [0.5, 0.6) is 0 Å². The largest absolute Gasteiger partial charge is 0.480 e. The molecule has 1 amide bonds. The summed E-state index contributed by atoms with van der Waals surface area (Å²) in [6, 6.07) is 2.95. The normalized spacial score (nSPS) is 12.1. The summed E-state index contributed by atoms with van der Waals surface area (Å²) in [6.07, 6.45) is 2.34. The smallest absolute Gasteiger partial charge is 0.326 e. The number of amides is 1. The Labute approximate surface area is 135 Å². The van der Waals surface area contributed by atoms with Crippen molar-refractivity contribution in [3.63, 3.8) is 0 Å². The molecule has 0 fully saturated rings. The molecule has 1 unspecified atom stereocenters. The monoisotopic (exact) mass is 353 g/mol. The molecule has 112 valence electrons. The van der Waals surface area contributed by atoms with E-state index < -0.39 is 12.0 Å². The van der Waals surface area contributed by atoms with Crippen LogP contribution in [0.4, 0.5) is 0 Å². The Morgan fingerprint density at radius 3 is 2.80 bits per heavy atom. The molecule has 2 N–H and O–H groups in total. The third-order valence-electron chi connectivity index (χ3n) is 2.35. The van der Waals surface area contributed by atoms with Gasteiger partial charge in [0.05, 0.1) is 10.1 Å². The van der Waals surface area contributed by atoms with Crippen molar-refractivity contribution in [3.05, 3.63) is 21.3 Å². The van der Waals surface area contributed by atoms with E-state index in [0.29, 0.717) is 17.9 Å². The lowest BCUT2D eigenvalue weighted by molar-refractivity contribution is -0.141. The van der Waals surface area contributed by atoms with E-state index in [1.165, 1.54) is 23.1 Å². The molecule has 1 heterocycles. The first-order valence-corrected chi connectivity index (χ1v) is 9.60. The van der Waals surface area contributed by atoms with Crippen molar-refractivity contribution >= 4 is 58.3 Å². The maximum Gasteiger partial charge on any atom is 0.326 e. The van der Waals surface area contributed by atoms with Crippen molar-refractivity contribution < 1.29 is 14.7 Å². The first-order valence-electron chi connectivity index (χ1n) is 5.86. The second-order valence-corrected chi connectivity index (χ2v) is 7.71. The lowest BCUT2D eigenvalue weighted by Crippen LogP contribution is -2.42. The van der Waals surface area contributed by atoms with Crippen molar-refractivity contribution in [1.29, 1.82) is 0 Å². The lowest BCUT2D eigenvalue weighted by Gasteiger charge is -2.13. The van der Waals surface area contributed by atoms with Gasteiger partial charge in [-0.2, -0.15) is 11.8 Å². The summed E-state index contributed by atoms with van der Waals surface area (Å²) in [5.41, 5.74) is 0. The molecule has 0 radical (unpaired) electrons. The van der Waals surface area contributed by atoms with Crippen LogP contribution in [0.2, 0.25) is 4.34 Å². The van der Waals surface area contributed by atoms with Crippen LogP contribution in [0.1, 0.15) is 11.3 Å². The van der Waals surface area contributed by atoms with Gasteiger partial charge >= 0.3 is 5.97 Å². The number of halogens is 1. The van der Waals surface area contributed by atoms with Gasteiger partial charge in [-0.3, -0.25) is 4.79 Å². The minimum Gasteiger partial charge on any atom is -0.480 e. The maximum absolute atomic E-state index is 11.7. The molecule has 0 aliphatic carbocycles. The minimum atomic E-state index is -0.984. The van der Waals surface area contributed by atoms with E-state index >= 15 is 0 Å². The zero-order valence-corrected chi connectivity index (χ0v) is 14.1. The predicted octanol–water partition coefficient (Wildman–Crippen LogP) is 2.96. The van der Waals surface area contributed by atoms with Crippen LogP contribution in [0.3, 0.4) is 0 Å². The molecule has 1 aromatic heterocycles. The second-order valence-electron chi connectivity index (χ2n) is 3.94. The Balaban J connectivity index is 2.28. The van der Waals surface area contributed by atoms with Gasteiger partial charge in [0, 0.05) is 10.6 Å². The van der Waals surface area contributed by atoms with E-state index in [-0.39, 0.29) is 11.7 Å². The number of carboxylic acid groups (broad SMARTS) is 1. The Hall–Kier alpha value is -0.370. The molecule has 0 aliphatic heterocycles. The van der Waals surface area contributed by atoms with Gasteiger partial charge in [0.25, 0.3) is 0 Å². The molecule has 0 aromatic carbocycles. The predicted molar refractivity (Wildman–Crippen MR) is 88.1 cm³/mol. The van der Waals surface area contributed by atoms with Gasteiger partial charge in [0.1, 0.15) is 6.04 Å². The number of aliphatic carboxylic acids is 1. The summed E-state index contributed by atoms with van der Waals surface area (Å²) in [6.45, 7) is 0. The van der Waals surface area contributed by atoms with Gasteiger partial charge in [-0.05, 0) is 30.6 Å². The maximum atomic E-state index is 11.7. The van der Waals surface area contributed by atoms with Crippen molar-refractivity contribution in [1.82, 2.24) is 5.32 Å². The first kappa shape index (κ1) is 17.7. The van der Waals surface area contributed by atoms with Crippen LogP contribution in [0.25, 0.3) is 0 Å². The highest BCUT2D eigenvalue weighted by Crippen LogP contribution is 2.24. The Morgan fingerprint density at radius 2 is 2.25 bits per heavy atom. The van der Waals surface area contributed by atoms with Crippen LogP contribution in [-0.2, 0) is 15.3 Å². The van der Waals surface area contributed by atoms with E-state index in [4.69, 9.17) is 16.7 Å². The second kappa shape index (κ2) is 9.55. The highest BCUT2D eigenvalue weighted by Gasteiger charge is 2.19. The molecule has 1 rings (SSSR count). The average Bonchev–Trinajstić information content (AvgIpc) is 2.80. The number of hydrogen-bond donors (Lipinski definition) is 2. The molecular formula is C12H16ClNO3S3. The number of nitrogens with one attached hydrogen (secondary N) is 1. The zero-order chi connectivity index (χ0) is 15.0. The molecule has 0 saturated heterocycles. The van der Waals surface area contributed by atoms with Gasteiger partial charge in [-0.15, -0.1) is 23.1 Å². The van der Waals surface area contributed by atoms with Gasteiger partial charge in [0.2, 0.25) is 5.91 Å². The summed E-state index contributed by atoms with van der Waals surface area (Å²) >= 11 is 10.3. The van der Waals surface area contributed by atoms with Crippen molar-refractivity contribution in [2.24, 2.45) is 0 Å². The van der Waals surface area contributed by atoms with Gasteiger partial charge in [-0.1, -0.05) is 11.6 Å². The molecule has 8 heteroatoms. The van der Waals surface area contributed by atoms with Gasteiger partial charge in [0.15, 0.2) is 0 Å². The fourth-order valence-corrected chi connectivity index (χ4v) is 3.91. The average molecular weight is 354 g/mol. The summed E-state index contributed by atoms with van der Waals surface area (Å²) in [5.74, 6) is 0.429. The van der Waals surface area contributed by atoms with E-state index in [9.17, 15) is 9.59 Å². The number of thioether (sulfide) groups is 2. The van der Waals surface area contributed by atoms with Gasteiger partial charge < -0.3 is 10.4 Å². The number of rotatable bonds is 9. The summed E-state index contributed by atoms with van der Waals surface area (Å²) in [4.78, 5) is 23.8. The van der Waals surface area contributed by atoms with Crippen LogP contribution >= 0.6 is 46.5 Å². The van der Waals surface area contributed by atoms with Crippen molar-refractivity contribution in [2.45, 2.75) is 18.2 Å². The first-order chi connectivity index (χ1) is 9.52. The van der Waals surface area contributed by atoms with Crippen LogP contribution in [0.15, 0.2) is 12.1 Å². The summed E-state index contributed by atoms with van der Waals surface area (Å²) in [5, 5.41) is 11.6. The van der Waals surface area contributed by atoms with Crippen LogP contribution in [-0.4, -0.2) is 40.8 Å². The Kier molecular flexibility index (Phi) is 8.44. The fourth-order valence-electron chi connectivity index (χ4n) is 1.40. The Bertz CT molecular complexity index is 453. The molecular weight excluding hydrogens is 338 g/mol. The van der Waals surface area contributed by atoms with Gasteiger partial charge in [-0.25, -0.2) is 4.79 Å². The quantitative estimate of drug-likeness (QED) is 0.714. The number of carbonyl (C=O) groups excluding carboxylic acids is 1. The molecule has 0 aliphatic rings. The molecule has 1 atom stereocenters. The summed E-state index contributed by atoms with van der Waals surface area (Å²) < 4.78 is 0.730. The molecule has 20 heavy (non-hydrogen) atoms. The number of carboxylic acids is 1. The summed E-state index contributed by atoms with van der Waals surface area (Å²) in [7, 11) is 0. The van der Waals surface area contributed by atoms with E-state index in [0.717, 1.165) is 9.21 Å². The fraction of sp³-hybridized carbons (Fsp3) is 0.500. The minimum absolute atomic E-state index is 0.244. The molecule has 4 nitrogen and oxygen atoms in total. The molecule has 0 spiro atoms. The molecule has 0 bridgehead atoms. The van der Waals surface area contributed by atoms with E-state index in [2.05, 4.69) is 5.32 Å². The third-order valence-corrected chi connectivity index (χ3v) is 5.39. The Morgan fingerprint density at radius 1 is 1.50 bits per heavy atom. The van der Waals surface area contributed by atoms with Crippen molar-refractivity contribution in [2.75, 3.05) is 17.8 Å². The van der Waals surface area contributed by atoms with E-state index in [1.54, 1.807) is 11.8 Å². The van der Waals surface area contributed by atoms with Crippen molar-refractivity contribution in [3.8, 4) is 0 Å². The van der Waals surface area contributed by atoms with Crippen LogP contribution in [0, 0.1) is 0 Å². The standard InChI is InChI=1S/C12H16ClNO3S3/c1-18-5-4-9(12(16)17)14-11(15)7-19-6-8-2-3-10(13)20-8/h2-3,9H,4-7H2,1H3,(H,14,15)(H,16,17). The zero-order valence-electron chi connectivity index (χ0n) is 10.9. The topological polar surface area (TPSA) is 66.4 Å². The number of carbonyl (C=O) groups is 2. The molecule has 0 saturated carbocycles. The van der Waals surface area contributed by atoms with Crippen LogP contribution < -0.4 is 5.32 Å². The number of thiophene rings is 1. The lowest BCUT2D eigenvalue weighted by atomic mass is 10.2.